The van der Waals surface area contributed by atoms with Gasteiger partial charge in [0.15, 0.2) is 0 Å². The summed E-state index contributed by atoms with van der Waals surface area (Å²) < 4.78 is 20.5. The number of hydrogen-bond donors (Lipinski definition) is 3. The van der Waals surface area contributed by atoms with Gasteiger partial charge in [-0.2, -0.15) is 0 Å². The minimum atomic E-state index is -1.10. The fraction of sp³-hybridized carbons (Fsp3) is 0.755. The van der Waals surface area contributed by atoms with Crippen molar-refractivity contribution in [1.29, 1.82) is 0 Å². The molecular formula is C53H78FNO4. The average Bonchev–Trinajstić information content (AvgIpc) is 3.59. The number of ether oxygens (including phenoxy) is 1. The van der Waals surface area contributed by atoms with Crippen LogP contribution < -0.4 is 5.32 Å². The quantitative estimate of drug-likeness (QED) is 0.162. The van der Waals surface area contributed by atoms with E-state index in [1.165, 1.54) is 68.1 Å². The Bertz CT molecular complexity index is 1820. The molecule has 0 bridgehead atoms. The maximum atomic E-state index is 14.8. The Kier molecular flexibility index (Phi) is 11.2. The number of rotatable bonds is 10. The molecule has 1 aromatic carbocycles. The third-order valence-electron chi connectivity index (χ3n) is 19.8. The highest BCUT2D eigenvalue weighted by molar-refractivity contribution is 5.78. The normalized spacial score (nSPS) is 45.2. The highest BCUT2D eigenvalue weighted by Gasteiger charge is 2.70. The minimum absolute atomic E-state index is 0.0121. The number of carbonyl (C=O) groups is 1. The fourth-order valence-electron chi connectivity index (χ4n) is 16.0. The molecule has 0 heterocycles. The molecule has 5 saturated carbocycles. The first-order valence-corrected chi connectivity index (χ1v) is 23.8. The van der Waals surface area contributed by atoms with Crippen LogP contribution >= 0.6 is 0 Å². The Morgan fingerprint density at radius 3 is 2.22 bits per heavy atom. The van der Waals surface area contributed by atoms with Gasteiger partial charge in [0.25, 0.3) is 0 Å². The lowest BCUT2D eigenvalue weighted by Crippen LogP contribution is -2.68. The van der Waals surface area contributed by atoms with Gasteiger partial charge in [0.1, 0.15) is 13.3 Å². The second kappa shape index (κ2) is 15.2. The fourth-order valence-corrected chi connectivity index (χ4v) is 16.0. The van der Waals surface area contributed by atoms with Crippen LogP contribution in [0.4, 0.5) is 4.39 Å². The Balaban J connectivity index is 0.997. The first kappa shape index (κ1) is 43.4. The molecule has 1 aromatic rings. The summed E-state index contributed by atoms with van der Waals surface area (Å²) >= 11 is 0. The first-order valence-electron chi connectivity index (χ1n) is 23.8. The molecule has 0 amide bonds. The number of allylic oxidation sites excluding steroid dienone is 5. The van der Waals surface area contributed by atoms with E-state index in [0.717, 1.165) is 24.9 Å². The molecule has 6 heteroatoms. The SMILES string of the molecule is C=C(C)[C@@H]1CC[C@]2(NCCC3(O)CCC(C)(O)CC3)CC[C@]3(C)[C@H](CC[C@@H]4[C@@]5(C)CC=C(C6=CC[C@](CF)(C(=O)OCc7ccccc7)CC6)C(C)(C)[C@@H]5CC[C@]43C)[C@@H]12. The van der Waals surface area contributed by atoms with Crippen molar-refractivity contribution in [2.75, 3.05) is 13.2 Å². The standard InChI is InChI=1S/C53H78FNO4/c1-36(2)39-18-25-53(55-33-32-52(58)29-26-47(5,57)27-30-52)31-28-49(7)41(44(39)53)14-15-43-48(6)21-19-40(46(3,4)42(48)20-22-50(43,49)8)38-16-23-51(35-54,24-17-38)45(56)59-34-37-12-10-9-11-13-37/h9-13,16,19,39,41-44,55,57-58H,1,14-15,17-18,20-35H2,2-8H3/t39-,41+,42-,43+,44+,47?,48-,49+,50+,51-,52?,53-/m0/s1. The molecule has 5 fully saturated rings. The number of alkyl halides is 1. The molecular weight excluding hydrogens is 734 g/mol. The lowest BCUT2D eigenvalue weighted by molar-refractivity contribution is -0.221. The molecule has 0 radical (unpaired) electrons. The lowest BCUT2D eigenvalue weighted by Gasteiger charge is -2.72. The van der Waals surface area contributed by atoms with Crippen molar-refractivity contribution < 1.29 is 24.1 Å². The van der Waals surface area contributed by atoms with E-state index in [4.69, 9.17) is 4.74 Å². The molecule has 10 atom stereocenters. The van der Waals surface area contributed by atoms with Crippen LogP contribution in [0.2, 0.25) is 0 Å². The number of esters is 1. The van der Waals surface area contributed by atoms with Crippen molar-refractivity contribution in [3.05, 3.63) is 71.3 Å². The van der Waals surface area contributed by atoms with Crippen molar-refractivity contribution in [1.82, 2.24) is 5.32 Å². The van der Waals surface area contributed by atoms with Crippen LogP contribution in [0.25, 0.3) is 0 Å². The summed E-state index contributed by atoms with van der Waals surface area (Å²) in [5, 5.41) is 26.3. The summed E-state index contributed by atoms with van der Waals surface area (Å²) in [6.45, 7) is 22.2. The number of benzene rings is 1. The Morgan fingerprint density at radius 2 is 1.56 bits per heavy atom. The average molecular weight is 812 g/mol. The van der Waals surface area contributed by atoms with E-state index in [-0.39, 0.29) is 33.8 Å². The van der Waals surface area contributed by atoms with Crippen molar-refractivity contribution in [2.24, 2.45) is 56.7 Å². The molecule has 0 aromatic heterocycles. The van der Waals surface area contributed by atoms with Gasteiger partial charge < -0.3 is 20.3 Å². The van der Waals surface area contributed by atoms with Crippen molar-refractivity contribution in [3.8, 4) is 0 Å². The third-order valence-corrected chi connectivity index (χ3v) is 19.8. The van der Waals surface area contributed by atoms with Crippen LogP contribution in [0, 0.1) is 56.7 Å². The maximum absolute atomic E-state index is 14.8. The molecule has 0 spiro atoms. The van der Waals surface area contributed by atoms with Crippen LogP contribution in [0.5, 0.6) is 0 Å². The molecule has 326 valence electrons. The largest absolute Gasteiger partial charge is 0.460 e. The molecule has 8 rings (SSSR count). The number of halogens is 1. The second-order valence-corrected chi connectivity index (χ2v) is 23.2. The van der Waals surface area contributed by atoms with Crippen molar-refractivity contribution in [3.63, 3.8) is 0 Å². The zero-order valence-corrected chi connectivity index (χ0v) is 37.9. The third kappa shape index (κ3) is 7.08. The molecule has 59 heavy (non-hydrogen) atoms. The Morgan fingerprint density at radius 1 is 0.831 bits per heavy atom. The van der Waals surface area contributed by atoms with Gasteiger partial charge in [-0.05, 0) is 198 Å². The van der Waals surface area contributed by atoms with Crippen LogP contribution in [-0.4, -0.2) is 46.1 Å². The van der Waals surface area contributed by atoms with Gasteiger partial charge in [0, 0.05) is 5.54 Å². The topological polar surface area (TPSA) is 78.8 Å². The van der Waals surface area contributed by atoms with Crippen LogP contribution in [0.1, 0.15) is 163 Å². The number of carbonyl (C=O) groups excluding carboxylic acids is 1. The van der Waals surface area contributed by atoms with Gasteiger partial charge in [0.2, 0.25) is 0 Å². The smallest absolute Gasteiger partial charge is 0.315 e. The molecule has 0 aliphatic heterocycles. The molecule has 7 aliphatic rings. The molecule has 0 saturated heterocycles. The van der Waals surface area contributed by atoms with E-state index in [9.17, 15) is 19.4 Å². The second-order valence-electron chi connectivity index (χ2n) is 23.2. The molecule has 7 aliphatic carbocycles. The van der Waals surface area contributed by atoms with E-state index in [1.807, 2.05) is 37.3 Å². The van der Waals surface area contributed by atoms with E-state index in [2.05, 4.69) is 65.6 Å². The number of nitrogens with one attached hydrogen (secondary N) is 1. The lowest BCUT2D eigenvalue weighted by atomic mass is 9.33. The van der Waals surface area contributed by atoms with Crippen molar-refractivity contribution >= 4 is 5.97 Å². The Hall–Kier alpha value is -2.28. The summed E-state index contributed by atoms with van der Waals surface area (Å²) in [6, 6.07) is 9.68. The zero-order chi connectivity index (χ0) is 42.3. The van der Waals surface area contributed by atoms with Crippen LogP contribution in [0.15, 0.2) is 65.8 Å². The van der Waals surface area contributed by atoms with E-state index in [0.29, 0.717) is 74.5 Å². The zero-order valence-electron chi connectivity index (χ0n) is 37.9. The van der Waals surface area contributed by atoms with E-state index >= 15 is 0 Å². The summed E-state index contributed by atoms with van der Waals surface area (Å²) in [7, 11) is 0. The summed E-state index contributed by atoms with van der Waals surface area (Å²) in [6.07, 6.45) is 20.9. The number of aliphatic hydroxyl groups is 2. The Labute approximate surface area is 356 Å². The monoisotopic (exact) mass is 812 g/mol. The number of hydrogen-bond acceptors (Lipinski definition) is 5. The summed E-state index contributed by atoms with van der Waals surface area (Å²) in [5.74, 6) is 2.56. The molecule has 0 unspecified atom stereocenters. The van der Waals surface area contributed by atoms with Gasteiger partial charge in [-0.25, -0.2) is 4.39 Å². The predicted molar refractivity (Wildman–Crippen MR) is 236 cm³/mol. The van der Waals surface area contributed by atoms with Crippen LogP contribution in [-0.2, 0) is 16.1 Å². The number of fused-ring (bicyclic) bond motifs is 7. The summed E-state index contributed by atoms with van der Waals surface area (Å²) in [4.78, 5) is 13.4. The maximum Gasteiger partial charge on any atom is 0.315 e. The summed E-state index contributed by atoms with van der Waals surface area (Å²) in [5.41, 5.74) is 3.41. The van der Waals surface area contributed by atoms with Gasteiger partial charge in [-0.1, -0.05) is 89.3 Å². The highest BCUT2D eigenvalue weighted by atomic mass is 19.1. The van der Waals surface area contributed by atoms with Crippen molar-refractivity contribution in [2.45, 2.75) is 181 Å². The molecule has 5 nitrogen and oxygen atoms in total. The van der Waals surface area contributed by atoms with Gasteiger partial charge in [0.05, 0.1) is 16.6 Å². The van der Waals surface area contributed by atoms with E-state index < -0.39 is 29.3 Å². The van der Waals surface area contributed by atoms with Gasteiger partial charge in [-0.3, -0.25) is 4.79 Å². The minimum Gasteiger partial charge on any atom is -0.460 e. The van der Waals surface area contributed by atoms with Gasteiger partial charge >= 0.3 is 5.97 Å². The highest BCUT2D eigenvalue weighted by Crippen LogP contribution is 2.76. The van der Waals surface area contributed by atoms with Crippen LogP contribution in [0.3, 0.4) is 0 Å². The first-order chi connectivity index (χ1) is 27.8. The van der Waals surface area contributed by atoms with E-state index in [1.54, 1.807) is 0 Å². The van der Waals surface area contributed by atoms with Gasteiger partial charge in [-0.15, -0.1) is 0 Å². The predicted octanol–water partition coefficient (Wildman–Crippen LogP) is 11.8. The molecule has 3 N–H and O–H groups in total.